The Hall–Kier alpha value is -1.99. The van der Waals surface area contributed by atoms with E-state index in [9.17, 15) is 9.18 Å². The second-order valence-electron chi connectivity index (χ2n) is 4.37. The molecule has 0 bridgehead atoms. The average molecular weight is 334 g/mol. The van der Waals surface area contributed by atoms with Crippen molar-refractivity contribution in [1.82, 2.24) is 9.97 Å². The van der Waals surface area contributed by atoms with Gasteiger partial charge in [0.1, 0.15) is 22.9 Å². The second kappa shape index (κ2) is 6.41. The fraction of sp³-hybridized carbons (Fsp3) is 0.133. The van der Waals surface area contributed by atoms with Gasteiger partial charge in [-0.1, -0.05) is 11.8 Å². The summed E-state index contributed by atoms with van der Waals surface area (Å²) in [5.41, 5.74) is 1.10. The third-order valence-electron chi connectivity index (χ3n) is 3.01. The Morgan fingerprint density at radius 3 is 3.05 bits per heavy atom. The van der Waals surface area contributed by atoms with Crippen molar-refractivity contribution < 1.29 is 13.9 Å². The van der Waals surface area contributed by atoms with Crippen molar-refractivity contribution in [2.24, 2.45) is 0 Å². The number of ether oxygens (including phenoxy) is 1. The van der Waals surface area contributed by atoms with Crippen molar-refractivity contribution in [1.29, 1.82) is 0 Å². The van der Waals surface area contributed by atoms with Crippen LogP contribution in [0.15, 0.2) is 41.0 Å². The monoisotopic (exact) mass is 334 g/mol. The number of thioether (sulfide) groups is 1. The zero-order chi connectivity index (χ0) is 15.5. The van der Waals surface area contributed by atoms with Crippen molar-refractivity contribution in [3.8, 4) is 5.75 Å². The number of fused-ring (bicyclic) bond motifs is 1. The van der Waals surface area contributed by atoms with Gasteiger partial charge in [0.05, 0.1) is 28.6 Å². The number of ketones is 1. The van der Waals surface area contributed by atoms with Crippen LogP contribution >= 0.6 is 23.1 Å². The number of thiophene rings is 1. The second-order valence-corrected chi connectivity index (χ2v) is 6.25. The van der Waals surface area contributed by atoms with Gasteiger partial charge in [-0.2, -0.15) is 0 Å². The smallest absolute Gasteiger partial charge is 0.176 e. The van der Waals surface area contributed by atoms with Crippen LogP contribution in [0.2, 0.25) is 0 Å². The Morgan fingerprint density at radius 2 is 2.23 bits per heavy atom. The summed E-state index contributed by atoms with van der Waals surface area (Å²) in [7, 11) is 1.46. The maximum Gasteiger partial charge on any atom is 0.176 e. The first-order valence-electron chi connectivity index (χ1n) is 6.37. The highest BCUT2D eigenvalue weighted by Gasteiger charge is 2.15. The molecule has 0 saturated carbocycles. The molecule has 3 aromatic rings. The first-order chi connectivity index (χ1) is 10.7. The summed E-state index contributed by atoms with van der Waals surface area (Å²) in [6.07, 6.45) is 1.48. The van der Waals surface area contributed by atoms with Gasteiger partial charge in [0.25, 0.3) is 0 Å². The molecule has 0 unspecified atom stereocenters. The van der Waals surface area contributed by atoms with Gasteiger partial charge in [0, 0.05) is 0 Å². The number of nitrogens with zero attached hydrogens (tertiary/aromatic N) is 2. The molecule has 0 aliphatic heterocycles. The number of halogens is 1. The quantitative estimate of drug-likeness (QED) is 0.403. The number of aromatic nitrogens is 2. The summed E-state index contributed by atoms with van der Waals surface area (Å²) in [5.74, 6) is -0.137. The third kappa shape index (κ3) is 2.95. The molecular weight excluding hydrogens is 323 g/mol. The minimum absolute atomic E-state index is 0.157. The number of methoxy groups -OCH3 is 1. The number of carbonyl (C=O) groups excluding carboxylic acids is 1. The molecule has 0 spiro atoms. The minimum Gasteiger partial charge on any atom is -0.496 e. The molecule has 0 aliphatic carbocycles. The Morgan fingerprint density at radius 1 is 1.36 bits per heavy atom. The molecule has 0 N–H and O–H groups in total. The van der Waals surface area contributed by atoms with Gasteiger partial charge in [0.15, 0.2) is 5.78 Å². The van der Waals surface area contributed by atoms with E-state index in [1.165, 1.54) is 54.7 Å². The van der Waals surface area contributed by atoms with Crippen LogP contribution in [-0.2, 0) is 0 Å². The van der Waals surface area contributed by atoms with E-state index in [0.29, 0.717) is 5.75 Å². The zero-order valence-electron chi connectivity index (χ0n) is 11.6. The largest absolute Gasteiger partial charge is 0.496 e. The molecule has 2 heterocycles. The number of carbonyl (C=O) groups is 1. The molecule has 0 atom stereocenters. The van der Waals surface area contributed by atoms with Gasteiger partial charge >= 0.3 is 0 Å². The Balaban J connectivity index is 1.81. The molecule has 3 rings (SSSR count). The molecule has 0 saturated heterocycles. The fourth-order valence-corrected chi connectivity index (χ4v) is 3.81. The lowest BCUT2D eigenvalue weighted by Crippen LogP contribution is -2.06. The van der Waals surface area contributed by atoms with Crippen molar-refractivity contribution in [2.45, 2.75) is 5.03 Å². The summed E-state index contributed by atoms with van der Waals surface area (Å²) in [4.78, 5) is 20.7. The van der Waals surface area contributed by atoms with Gasteiger partial charge in [-0.05, 0) is 29.6 Å². The molecule has 2 aromatic heterocycles. The molecule has 0 aliphatic rings. The molecule has 1 aromatic carbocycles. The normalized spacial score (nSPS) is 10.8. The van der Waals surface area contributed by atoms with Gasteiger partial charge in [0.2, 0.25) is 0 Å². The molecule has 0 amide bonds. The minimum atomic E-state index is -0.461. The first-order valence-corrected chi connectivity index (χ1v) is 8.23. The molecule has 0 fully saturated rings. The van der Waals surface area contributed by atoms with Crippen LogP contribution in [0.5, 0.6) is 5.75 Å². The van der Waals surface area contributed by atoms with Crippen molar-refractivity contribution >= 4 is 39.1 Å². The van der Waals surface area contributed by atoms with E-state index in [2.05, 4.69) is 9.97 Å². The van der Waals surface area contributed by atoms with E-state index in [1.807, 2.05) is 11.4 Å². The molecule has 0 radical (unpaired) electrons. The number of benzene rings is 1. The Kier molecular flexibility index (Phi) is 4.35. The maximum atomic E-state index is 13.3. The number of hydrogen-bond acceptors (Lipinski definition) is 6. The third-order valence-corrected chi connectivity index (χ3v) is 5.04. The summed E-state index contributed by atoms with van der Waals surface area (Å²) in [6, 6.07) is 5.82. The van der Waals surface area contributed by atoms with E-state index in [1.54, 1.807) is 0 Å². The van der Waals surface area contributed by atoms with Crippen LogP contribution in [-0.4, -0.2) is 28.6 Å². The van der Waals surface area contributed by atoms with Crippen LogP contribution < -0.4 is 4.74 Å². The fourth-order valence-electron chi connectivity index (χ4n) is 1.98. The first kappa shape index (κ1) is 14.9. The zero-order valence-corrected chi connectivity index (χ0v) is 13.2. The summed E-state index contributed by atoms with van der Waals surface area (Å²) < 4.78 is 19.4. The molecule has 7 heteroatoms. The topological polar surface area (TPSA) is 52.1 Å². The van der Waals surface area contributed by atoms with Gasteiger partial charge in [-0.25, -0.2) is 14.4 Å². The number of Topliss-reactive ketones (excluding diaryl/α,β-unsaturated/α-hetero) is 1. The molecule has 112 valence electrons. The molecule has 4 nitrogen and oxygen atoms in total. The maximum absolute atomic E-state index is 13.3. The summed E-state index contributed by atoms with van der Waals surface area (Å²) >= 11 is 2.84. The highest BCUT2D eigenvalue weighted by Crippen LogP contribution is 2.30. The van der Waals surface area contributed by atoms with E-state index in [0.717, 1.165) is 15.2 Å². The van der Waals surface area contributed by atoms with Gasteiger partial charge < -0.3 is 4.74 Å². The van der Waals surface area contributed by atoms with Crippen molar-refractivity contribution in [2.75, 3.05) is 12.9 Å². The van der Waals surface area contributed by atoms with Crippen LogP contribution in [0, 0.1) is 5.82 Å². The lowest BCUT2D eigenvalue weighted by Gasteiger charge is -2.07. The SMILES string of the molecule is COc1ccc(F)cc1C(=O)CSc1ncnc2ccsc12. The lowest BCUT2D eigenvalue weighted by molar-refractivity contribution is 0.101. The standard InChI is InChI=1S/C15H11FN2O2S2/c1-20-13-3-2-9(16)6-10(13)12(19)7-22-15-14-11(4-5-21-14)17-8-18-15/h2-6,8H,7H2,1H3. The van der Waals surface area contributed by atoms with Crippen molar-refractivity contribution in [3.63, 3.8) is 0 Å². The Bertz CT molecular complexity index is 835. The van der Waals surface area contributed by atoms with E-state index in [4.69, 9.17) is 4.74 Å². The molecular formula is C15H11FN2O2S2. The highest BCUT2D eigenvalue weighted by molar-refractivity contribution is 8.00. The van der Waals surface area contributed by atoms with Crippen LogP contribution in [0.25, 0.3) is 10.2 Å². The lowest BCUT2D eigenvalue weighted by atomic mass is 10.1. The van der Waals surface area contributed by atoms with Crippen LogP contribution in [0.1, 0.15) is 10.4 Å². The van der Waals surface area contributed by atoms with E-state index >= 15 is 0 Å². The predicted octanol–water partition coefficient (Wildman–Crippen LogP) is 3.81. The summed E-state index contributed by atoms with van der Waals surface area (Å²) in [6.45, 7) is 0. The summed E-state index contributed by atoms with van der Waals surface area (Å²) in [5, 5.41) is 2.68. The predicted molar refractivity (Wildman–Crippen MR) is 85.4 cm³/mol. The number of hydrogen-bond donors (Lipinski definition) is 0. The molecule has 22 heavy (non-hydrogen) atoms. The van der Waals surface area contributed by atoms with E-state index in [-0.39, 0.29) is 17.1 Å². The Labute approximate surface area is 134 Å². The average Bonchev–Trinajstić information content (AvgIpc) is 3.01. The van der Waals surface area contributed by atoms with Crippen molar-refractivity contribution in [3.05, 3.63) is 47.4 Å². The number of rotatable bonds is 5. The van der Waals surface area contributed by atoms with Crippen LogP contribution in [0.3, 0.4) is 0 Å². The van der Waals surface area contributed by atoms with Gasteiger partial charge in [-0.3, -0.25) is 4.79 Å². The van der Waals surface area contributed by atoms with Crippen LogP contribution in [0.4, 0.5) is 4.39 Å². The highest BCUT2D eigenvalue weighted by atomic mass is 32.2. The van der Waals surface area contributed by atoms with Gasteiger partial charge in [-0.15, -0.1) is 11.3 Å². The van der Waals surface area contributed by atoms with E-state index < -0.39 is 5.82 Å².